The van der Waals surface area contributed by atoms with E-state index < -0.39 is 0 Å². The molecule has 0 unspecified atom stereocenters. The molecule has 2 aromatic heterocycles. The Morgan fingerprint density at radius 3 is 1.52 bits per heavy atom. The van der Waals surface area contributed by atoms with E-state index in [1.807, 2.05) is 6.07 Å². The molecule has 2 heterocycles. The van der Waals surface area contributed by atoms with Gasteiger partial charge in [-0.2, -0.15) is 5.26 Å². The first-order chi connectivity index (χ1) is 20.8. The third kappa shape index (κ3) is 3.40. The molecule has 0 aliphatic rings. The highest BCUT2D eigenvalue weighted by Crippen LogP contribution is 2.40. The Morgan fingerprint density at radius 1 is 0.524 bits per heavy atom. The molecule has 8 aromatic rings. The molecular formula is C38H22N4. The topological polar surface area (TPSA) is 38.0 Å². The molecule has 4 nitrogen and oxygen atoms in total. The number of nitriles is 1. The van der Waals surface area contributed by atoms with Gasteiger partial charge in [-0.05, 0) is 54.1 Å². The Bertz CT molecular complexity index is 2340. The van der Waals surface area contributed by atoms with Crippen LogP contribution < -0.4 is 0 Å². The Morgan fingerprint density at radius 2 is 1.02 bits per heavy atom. The summed E-state index contributed by atoms with van der Waals surface area (Å²) in [6.45, 7) is 7.52. The standard InChI is InChI=1S/C38H22N4/c1-40-26-18-20-28(25(22-26)24-39)33-23-27(41-34-14-6-2-10-29(34)30-11-3-7-15-35(30)41)19-21-38(33)42-36-16-8-4-12-31(36)32-13-5-9-17-37(32)42/h2-23H. The fourth-order valence-electron chi connectivity index (χ4n) is 6.39. The number of benzene rings is 6. The predicted octanol–water partition coefficient (Wildman–Crippen LogP) is 9.97. The first kappa shape index (κ1) is 23.8. The Kier molecular flexibility index (Phi) is 5.22. The third-order valence-electron chi connectivity index (χ3n) is 8.18. The van der Waals surface area contributed by atoms with Crippen molar-refractivity contribution in [2.75, 3.05) is 0 Å². The quantitative estimate of drug-likeness (QED) is 0.208. The number of hydrogen-bond acceptors (Lipinski definition) is 1. The van der Waals surface area contributed by atoms with Crippen molar-refractivity contribution in [1.29, 1.82) is 5.26 Å². The summed E-state index contributed by atoms with van der Waals surface area (Å²) < 4.78 is 4.59. The van der Waals surface area contributed by atoms with E-state index in [0.717, 1.165) is 44.6 Å². The molecule has 0 atom stereocenters. The van der Waals surface area contributed by atoms with Crippen LogP contribution in [0.2, 0.25) is 0 Å². The maximum Gasteiger partial charge on any atom is 0.188 e. The van der Waals surface area contributed by atoms with Crippen molar-refractivity contribution >= 4 is 49.3 Å². The summed E-state index contributed by atoms with van der Waals surface area (Å²) >= 11 is 0. The third-order valence-corrected chi connectivity index (χ3v) is 8.18. The number of para-hydroxylation sites is 4. The van der Waals surface area contributed by atoms with Crippen molar-refractivity contribution in [2.24, 2.45) is 0 Å². The first-order valence-electron chi connectivity index (χ1n) is 13.8. The Labute approximate surface area is 242 Å². The number of rotatable bonds is 3. The normalized spacial score (nSPS) is 11.3. The zero-order valence-electron chi connectivity index (χ0n) is 22.5. The summed E-state index contributed by atoms with van der Waals surface area (Å²) in [4.78, 5) is 3.58. The summed E-state index contributed by atoms with van der Waals surface area (Å²) in [7, 11) is 0. The fraction of sp³-hybridized carbons (Fsp3) is 0. The second-order valence-electron chi connectivity index (χ2n) is 10.4. The van der Waals surface area contributed by atoms with Gasteiger partial charge in [0.2, 0.25) is 0 Å². The maximum absolute atomic E-state index is 10.2. The SMILES string of the molecule is [C-]#[N+]c1ccc(-c2cc(-n3c4ccccc4c4ccccc43)ccc2-n2c3ccccc3c3ccccc32)c(C#N)c1. The molecule has 0 aliphatic carbocycles. The largest absolute Gasteiger partial charge is 0.309 e. The minimum atomic E-state index is 0.451. The molecule has 0 spiro atoms. The van der Waals surface area contributed by atoms with E-state index in [2.05, 4.69) is 135 Å². The van der Waals surface area contributed by atoms with Gasteiger partial charge >= 0.3 is 0 Å². The molecule has 42 heavy (non-hydrogen) atoms. The van der Waals surface area contributed by atoms with Crippen LogP contribution in [0.1, 0.15) is 5.56 Å². The van der Waals surface area contributed by atoms with E-state index in [-0.39, 0.29) is 0 Å². The van der Waals surface area contributed by atoms with Crippen molar-refractivity contribution < 1.29 is 0 Å². The predicted molar refractivity (Wildman–Crippen MR) is 172 cm³/mol. The van der Waals surface area contributed by atoms with Gasteiger partial charge in [0.1, 0.15) is 0 Å². The summed E-state index contributed by atoms with van der Waals surface area (Å²) in [5.41, 5.74) is 9.07. The zero-order chi connectivity index (χ0) is 28.2. The molecule has 194 valence electrons. The molecule has 0 radical (unpaired) electrons. The van der Waals surface area contributed by atoms with Crippen LogP contribution >= 0.6 is 0 Å². The van der Waals surface area contributed by atoms with Crippen LogP contribution in [0.15, 0.2) is 133 Å². The molecule has 6 aromatic carbocycles. The Balaban J connectivity index is 1.50. The summed E-state index contributed by atoms with van der Waals surface area (Å²) in [5.74, 6) is 0. The van der Waals surface area contributed by atoms with Crippen LogP contribution in [-0.2, 0) is 0 Å². The van der Waals surface area contributed by atoms with Gasteiger partial charge in [-0.25, -0.2) is 4.85 Å². The van der Waals surface area contributed by atoms with Gasteiger partial charge in [-0.3, -0.25) is 0 Å². The summed E-state index contributed by atoms with van der Waals surface area (Å²) in [5, 5.41) is 15.0. The molecule has 4 heteroatoms. The van der Waals surface area contributed by atoms with Crippen LogP contribution in [-0.4, -0.2) is 9.13 Å². The molecule has 0 amide bonds. The monoisotopic (exact) mass is 534 g/mol. The van der Waals surface area contributed by atoms with E-state index >= 15 is 0 Å². The molecule has 0 aliphatic heterocycles. The molecule has 0 bridgehead atoms. The first-order valence-corrected chi connectivity index (χ1v) is 13.8. The number of fused-ring (bicyclic) bond motifs is 6. The summed E-state index contributed by atoms with van der Waals surface area (Å²) in [6.07, 6.45) is 0. The molecule has 0 saturated carbocycles. The lowest BCUT2D eigenvalue weighted by Crippen LogP contribution is -2.01. The maximum atomic E-state index is 10.2. The van der Waals surface area contributed by atoms with Crippen LogP contribution in [0, 0.1) is 17.9 Å². The van der Waals surface area contributed by atoms with Crippen molar-refractivity contribution in [2.45, 2.75) is 0 Å². The highest BCUT2D eigenvalue weighted by atomic mass is 15.0. The van der Waals surface area contributed by atoms with Crippen molar-refractivity contribution in [3.63, 3.8) is 0 Å². The lowest BCUT2D eigenvalue weighted by atomic mass is 9.97. The lowest BCUT2D eigenvalue weighted by Gasteiger charge is -2.18. The van der Waals surface area contributed by atoms with Gasteiger partial charge in [0.15, 0.2) is 5.69 Å². The molecule has 8 rings (SSSR count). The van der Waals surface area contributed by atoms with E-state index in [1.54, 1.807) is 12.1 Å². The average molecular weight is 535 g/mol. The second kappa shape index (κ2) is 9.24. The van der Waals surface area contributed by atoms with Crippen LogP contribution in [0.5, 0.6) is 0 Å². The highest BCUT2D eigenvalue weighted by molar-refractivity contribution is 6.11. The minimum Gasteiger partial charge on any atom is -0.309 e. The fourth-order valence-corrected chi connectivity index (χ4v) is 6.39. The molecule has 0 saturated heterocycles. The average Bonchev–Trinajstić information content (AvgIpc) is 3.57. The van der Waals surface area contributed by atoms with E-state index in [0.29, 0.717) is 11.3 Å². The second-order valence-corrected chi connectivity index (χ2v) is 10.4. The van der Waals surface area contributed by atoms with Crippen molar-refractivity contribution in [1.82, 2.24) is 9.13 Å². The number of hydrogen-bond donors (Lipinski definition) is 0. The Hall–Kier alpha value is -6.10. The summed E-state index contributed by atoms with van der Waals surface area (Å²) in [6, 6.07) is 48.1. The van der Waals surface area contributed by atoms with Gasteiger partial charge in [-0.15, -0.1) is 0 Å². The lowest BCUT2D eigenvalue weighted by molar-refractivity contribution is 1.15. The minimum absolute atomic E-state index is 0.451. The highest BCUT2D eigenvalue weighted by Gasteiger charge is 2.19. The van der Waals surface area contributed by atoms with E-state index in [1.165, 1.54) is 21.5 Å². The van der Waals surface area contributed by atoms with Gasteiger partial charge in [0, 0.05) is 38.4 Å². The van der Waals surface area contributed by atoms with Crippen molar-refractivity contribution in [3.8, 4) is 28.6 Å². The van der Waals surface area contributed by atoms with Gasteiger partial charge in [0.05, 0.1) is 40.4 Å². The van der Waals surface area contributed by atoms with Gasteiger partial charge in [-0.1, -0.05) is 84.9 Å². The van der Waals surface area contributed by atoms with E-state index in [9.17, 15) is 5.26 Å². The van der Waals surface area contributed by atoms with E-state index in [4.69, 9.17) is 6.57 Å². The van der Waals surface area contributed by atoms with Crippen molar-refractivity contribution in [3.05, 3.63) is 150 Å². The van der Waals surface area contributed by atoms with Crippen LogP contribution in [0.3, 0.4) is 0 Å². The zero-order valence-corrected chi connectivity index (χ0v) is 22.5. The number of aromatic nitrogens is 2. The number of nitrogens with zero attached hydrogens (tertiary/aromatic N) is 4. The van der Waals surface area contributed by atoms with Gasteiger partial charge < -0.3 is 9.13 Å². The van der Waals surface area contributed by atoms with Crippen LogP contribution in [0.25, 0.3) is 71.0 Å². The molecule has 0 N–H and O–H groups in total. The van der Waals surface area contributed by atoms with Crippen LogP contribution in [0.4, 0.5) is 5.69 Å². The smallest absolute Gasteiger partial charge is 0.188 e. The molecular weight excluding hydrogens is 512 g/mol. The van der Waals surface area contributed by atoms with Gasteiger partial charge in [0.25, 0.3) is 0 Å². The molecule has 0 fully saturated rings.